The molecule has 0 saturated carbocycles. The van der Waals surface area contributed by atoms with Gasteiger partial charge in [-0.15, -0.1) is 0 Å². The van der Waals surface area contributed by atoms with Crippen LogP contribution in [0.15, 0.2) is 46.9 Å². The molecular formula is C14H9BrClIN2OS. The summed E-state index contributed by atoms with van der Waals surface area (Å²) in [6.07, 6.45) is 0. The van der Waals surface area contributed by atoms with Crippen molar-refractivity contribution in [3.8, 4) is 0 Å². The molecule has 2 N–H and O–H groups in total. The van der Waals surface area contributed by atoms with Crippen LogP contribution in [0.1, 0.15) is 10.4 Å². The third kappa shape index (κ3) is 4.91. The van der Waals surface area contributed by atoms with Crippen molar-refractivity contribution in [2.75, 3.05) is 5.32 Å². The highest BCUT2D eigenvalue weighted by Gasteiger charge is 2.09. The molecule has 2 aromatic rings. The summed E-state index contributed by atoms with van der Waals surface area (Å²) in [5.41, 5.74) is 1.28. The third-order valence-corrected chi connectivity index (χ3v) is 4.32. The second-order valence-corrected chi connectivity index (χ2v) is 6.97. The van der Waals surface area contributed by atoms with Crippen molar-refractivity contribution in [3.05, 3.63) is 61.1 Å². The number of benzene rings is 2. The van der Waals surface area contributed by atoms with E-state index in [1.54, 1.807) is 24.3 Å². The lowest BCUT2D eigenvalue weighted by Crippen LogP contribution is -2.34. The van der Waals surface area contributed by atoms with Crippen LogP contribution in [0.3, 0.4) is 0 Å². The first kappa shape index (κ1) is 16.7. The highest BCUT2D eigenvalue weighted by molar-refractivity contribution is 14.1. The fourth-order valence-corrected chi connectivity index (χ4v) is 3.38. The van der Waals surface area contributed by atoms with E-state index in [1.807, 2.05) is 18.2 Å². The van der Waals surface area contributed by atoms with Crippen molar-refractivity contribution in [2.45, 2.75) is 0 Å². The van der Waals surface area contributed by atoms with Crippen LogP contribution in [-0.4, -0.2) is 11.0 Å². The molecule has 2 rings (SSSR count). The molecule has 0 atom stereocenters. The minimum absolute atomic E-state index is 0.236. The molecule has 0 aliphatic rings. The van der Waals surface area contributed by atoms with Gasteiger partial charge in [0.2, 0.25) is 0 Å². The van der Waals surface area contributed by atoms with Gasteiger partial charge in [0.1, 0.15) is 0 Å². The van der Waals surface area contributed by atoms with Crippen LogP contribution >= 0.6 is 62.3 Å². The van der Waals surface area contributed by atoms with E-state index >= 15 is 0 Å². The lowest BCUT2D eigenvalue weighted by molar-refractivity contribution is 0.0977. The summed E-state index contributed by atoms with van der Waals surface area (Å²) in [7, 11) is 0. The summed E-state index contributed by atoms with van der Waals surface area (Å²) < 4.78 is 1.97. The molecule has 7 heteroatoms. The molecule has 0 spiro atoms. The highest BCUT2D eigenvalue weighted by atomic mass is 127. The molecular weight excluding hydrogens is 486 g/mol. The van der Waals surface area contributed by atoms with Gasteiger partial charge in [-0.05, 0) is 71.2 Å². The monoisotopic (exact) mass is 494 g/mol. The van der Waals surface area contributed by atoms with Crippen LogP contribution in [0.2, 0.25) is 5.02 Å². The van der Waals surface area contributed by atoms with E-state index in [4.69, 9.17) is 23.8 Å². The summed E-state index contributed by atoms with van der Waals surface area (Å²) in [6.45, 7) is 0. The van der Waals surface area contributed by atoms with Gasteiger partial charge in [0.25, 0.3) is 5.91 Å². The van der Waals surface area contributed by atoms with Crippen LogP contribution in [0.4, 0.5) is 5.69 Å². The number of amides is 1. The zero-order valence-corrected chi connectivity index (χ0v) is 15.8. The Kier molecular flexibility index (Phi) is 5.98. The van der Waals surface area contributed by atoms with Gasteiger partial charge >= 0.3 is 0 Å². The van der Waals surface area contributed by atoms with Crippen molar-refractivity contribution >= 4 is 79.0 Å². The molecule has 2 aromatic carbocycles. The SMILES string of the molecule is O=C(NC(=S)Nc1ccc(Br)cc1I)c1cccc(Cl)c1. The number of thiocarbonyl (C=S) groups is 1. The van der Waals surface area contributed by atoms with Gasteiger partial charge in [0.05, 0.1) is 5.69 Å². The molecule has 108 valence electrons. The topological polar surface area (TPSA) is 41.1 Å². The first-order valence-corrected chi connectivity index (χ1v) is 8.44. The van der Waals surface area contributed by atoms with Crippen LogP contribution in [0.25, 0.3) is 0 Å². The number of anilines is 1. The molecule has 3 nitrogen and oxygen atoms in total. The number of hydrogen-bond donors (Lipinski definition) is 2. The van der Waals surface area contributed by atoms with Crippen molar-refractivity contribution in [1.82, 2.24) is 5.32 Å². The van der Waals surface area contributed by atoms with Crippen molar-refractivity contribution in [1.29, 1.82) is 0 Å². The molecule has 0 bridgehead atoms. The van der Waals surface area contributed by atoms with Crippen LogP contribution in [0.5, 0.6) is 0 Å². The summed E-state index contributed by atoms with van der Waals surface area (Å²) >= 11 is 16.6. The maximum atomic E-state index is 12.0. The Morgan fingerprint density at radius 2 is 2.00 bits per heavy atom. The lowest BCUT2D eigenvalue weighted by Gasteiger charge is -2.11. The third-order valence-electron chi connectivity index (χ3n) is 2.49. The van der Waals surface area contributed by atoms with Gasteiger partial charge in [-0.1, -0.05) is 33.6 Å². The largest absolute Gasteiger partial charge is 0.332 e. The standard InChI is InChI=1S/C14H9BrClIN2OS/c15-9-4-5-12(11(17)7-9)18-14(21)19-13(20)8-2-1-3-10(16)6-8/h1-7H,(H2,18,19,20,21). The minimum atomic E-state index is -0.304. The first-order valence-electron chi connectivity index (χ1n) is 5.78. The van der Waals surface area contributed by atoms with E-state index < -0.39 is 0 Å². The quantitative estimate of drug-likeness (QED) is 0.463. The molecule has 0 saturated heterocycles. The van der Waals surface area contributed by atoms with Gasteiger partial charge in [-0.25, -0.2) is 0 Å². The fourth-order valence-electron chi connectivity index (χ4n) is 1.55. The summed E-state index contributed by atoms with van der Waals surface area (Å²) in [6, 6.07) is 12.4. The van der Waals surface area contributed by atoms with Gasteiger partial charge in [0, 0.05) is 18.6 Å². The van der Waals surface area contributed by atoms with Crippen molar-refractivity contribution < 1.29 is 4.79 Å². The molecule has 0 aromatic heterocycles. The molecule has 0 aliphatic heterocycles. The number of hydrogen-bond acceptors (Lipinski definition) is 2. The van der Waals surface area contributed by atoms with E-state index in [2.05, 4.69) is 49.2 Å². The van der Waals surface area contributed by atoms with Gasteiger partial charge in [0.15, 0.2) is 5.11 Å². The van der Waals surface area contributed by atoms with E-state index in [-0.39, 0.29) is 11.0 Å². The highest BCUT2D eigenvalue weighted by Crippen LogP contribution is 2.22. The molecule has 0 fully saturated rings. The zero-order chi connectivity index (χ0) is 15.4. The average molecular weight is 496 g/mol. The Morgan fingerprint density at radius 1 is 1.24 bits per heavy atom. The van der Waals surface area contributed by atoms with E-state index in [0.717, 1.165) is 13.7 Å². The smallest absolute Gasteiger partial charge is 0.257 e. The number of rotatable bonds is 2. The number of carbonyl (C=O) groups is 1. The maximum absolute atomic E-state index is 12.0. The van der Waals surface area contributed by atoms with E-state index in [0.29, 0.717) is 10.6 Å². The van der Waals surface area contributed by atoms with Gasteiger partial charge in [-0.3, -0.25) is 10.1 Å². The average Bonchev–Trinajstić information content (AvgIpc) is 2.42. The number of nitrogens with one attached hydrogen (secondary N) is 2. The Balaban J connectivity index is 2.03. The molecule has 21 heavy (non-hydrogen) atoms. The molecule has 0 aliphatic carbocycles. The van der Waals surface area contributed by atoms with E-state index in [9.17, 15) is 4.79 Å². The summed E-state index contributed by atoms with van der Waals surface area (Å²) in [5, 5.41) is 6.35. The predicted molar refractivity (Wildman–Crippen MR) is 102 cm³/mol. The van der Waals surface area contributed by atoms with Crippen molar-refractivity contribution in [3.63, 3.8) is 0 Å². The number of halogens is 3. The lowest BCUT2D eigenvalue weighted by atomic mass is 10.2. The van der Waals surface area contributed by atoms with E-state index in [1.165, 1.54) is 0 Å². The first-order chi connectivity index (χ1) is 9.95. The fraction of sp³-hybridized carbons (Fsp3) is 0. The number of carbonyl (C=O) groups excluding carboxylic acids is 1. The molecule has 0 unspecified atom stereocenters. The van der Waals surface area contributed by atoms with Crippen LogP contribution in [0, 0.1) is 3.57 Å². The van der Waals surface area contributed by atoms with Gasteiger partial charge < -0.3 is 5.32 Å². The summed E-state index contributed by atoms with van der Waals surface area (Å²) in [5.74, 6) is -0.304. The van der Waals surface area contributed by atoms with Gasteiger partial charge in [-0.2, -0.15) is 0 Å². The minimum Gasteiger partial charge on any atom is -0.332 e. The Hall–Kier alpha value is -0.700. The zero-order valence-electron chi connectivity index (χ0n) is 10.5. The second-order valence-electron chi connectivity index (χ2n) is 4.04. The molecule has 0 radical (unpaired) electrons. The van der Waals surface area contributed by atoms with Crippen molar-refractivity contribution in [2.24, 2.45) is 0 Å². The molecule has 1 amide bonds. The second kappa shape index (κ2) is 7.53. The predicted octanol–water partition coefficient (Wildman–Crippen LogP) is 4.83. The van der Waals surface area contributed by atoms with Crippen LogP contribution in [-0.2, 0) is 0 Å². The molecule has 0 heterocycles. The maximum Gasteiger partial charge on any atom is 0.257 e. The summed E-state index contributed by atoms with van der Waals surface area (Å²) in [4.78, 5) is 12.0. The Bertz CT molecular complexity index is 711. The Morgan fingerprint density at radius 3 is 2.67 bits per heavy atom. The normalized spacial score (nSPS) is 10.0. The van der Waals surface area contributed by atoms with Crippen LogP contribution < -0.4 is 10.6 Å². The Labute approximate surface area is 154 Å².